The second-order valence-electron chi connectivity index (χ2n) is 5.48. The second kappa shape index (κ2) is 3.96. The molecule has 3 aliphatic rings. The first-order valence-electron chi connectivity index (χ1n) is 6.93. The molecule has 0 amide bonds. The molecule has 1 aromatic rings. The Balaban J connectivity index is 2.05. The summed E-state index contributed by atoms with van der Waals surface area (Å²) in [5.41, 5.74) is 10.1. The highest BCUT2D eigenvalue weighted by molar-refractivity contribution is 5.87. The lowest BCUT2D eigenvalue weighted by molar-refractivity contribution is 0.948. The first-order valence-corrected chi connectivity index (χ1v) is 6.93. The van der Waals surface area contributed by atoms with E-state index in [0.29, 0.717) is 0 Å². The van der Waals surface area contributed by atoms with E-state index < -0.39 is 0 Å². The Hall–Kier alpha value is -2.08. The molecule has 0 heterocycles. The van der Waals surface area contributed by atoms with Crippen LogP contribution in [0.4, 0.5) is 0 Å². The lowest BCUT2D eigenvalue weighted by Gasteiger charge is -2.18. The van der Waals surface area contributed by atoms with Gasteiger partial charge in [-0.15, -0.1) is 0 Å². The van der Waals surface area contributed by atoms with Gasteiger partial charge in [-0.3, -0.25) is 0 Å². The van der Waals surface area contributed by atoms with Crippen LogP contribution in [0.25, 0.3) is 22.3 Å². The summed E-state index contributed by atoms with van der Waals surface area (Å²) in [5.74, 6) is 0. The van der Waals surface area contributed by atoms with E-state index in [1.165, 1.54) is 51.8 Å². The fourth-order valence-corrected chi connectivity index (χ4v) is 3.28. The Kier molecular flexibility index (Phi) is 2.25. The molecule has 3 aliphatic carbocycles. The van der Waals surface area contributed by atoms with Crippen LogP contribution in [0.1, 0.15) is 16.7 Å². The third kappa shape index (κ3) is 1.60. The summed E-state index contributed by atoms with van der Waals surface area (Å²) in [5, 5.41) is 0. The van der Waals surface area contributed by atoms with Crippen molar-refractivity contribution >= 4 is 0 Å². The summed E-state index contributed by atoms with van der Waals surface area (Å²) in [6, 6.07) is 20.1. The molecule has 92 valence electrons. The van der Waals surface area contributed by atoms with Crippen LogP contribution in [-0.2, 0) is 12.8 Å². The van der Waals surface area contributed by atoms with Gasteiger partial charge in [0.2, 0.25) is 0 Å². The average molecular weight is 244 g/mol. The molecule has 4 rings (SSSR count). The predicted molar refractivity (Wildman–Crippen MR) is 80.6 cm³/mol. The molecule has 0 nitrogen and oxygen atoms in total. The molecule has 0 N–H and O–H groups in total. The van der Waals surface area contributed by atoms with Crippen LogP contribution in [0.5, 0.6) is 0 Å². The molecule has 0 atom stereocenters. The van der Waals surface area contributed by atoms with Gasteiger partial charge < -0.3 is 0 Å². The number of benzene rings is 1. The highest BCUT2D eigenvalue weighted by Gasteiger charge is 2.21. The van der Waals surface area contributed by atoms with E-state index in [9.17, 15) is 0 Å². The molecule has 0 saturated heterocycles. The van der Waals surface area contributed by atoms with Crippen molar-refractivity contribution in [1.29, 1.82) is 0 Å². The molecule has 0 bridgehead atoms. The molecule has 0 spiro atoms. The Labute approximate surface area is 114 Å². The van der Waals surface area contributed by atoms with E-state index in [2.05, 4.69) is 61.5 Å². The number of fused-ring (bicyclic) bond motifs is 5. The van der Waals surface area contributed by atoms with Crippen LogP contribution >= 0.6 is 0 Å². The van der Waals surface area contributed by atoms with Gasteiger partial charge in [0.1, 0.15) is 0 Å². The van der Waals surface area contributed by atoms with E-state index in [4.69, 9.17) is 0 Å². The molecule has 0 aliphatic heterocycles. The maximum atomic E-state index is 2.36. The van der Waals surface area contributed by atoms with Crippen molar-refractivity contribution in [2.24, 2.45) is 0 Å². The van der Waals surface area contributed by atoms with Gasteiger partial charge in [0.25, 0.3) is 0 Å². The molecule has 0 saturated carbocycles. The first-order chi connectivity index (χ1) is 9.33. The van der Waals surface area contributed by atoms with E-state index in [1.807, 2.05) is 0 Å². The molecule has 19 heavy (non-hydrogen) atoms. The molecule has 0 unspecified atom stereocenters. The Morgan fingerprint density at radius 1 is 0.737 bits per heavy atom. The van der Waals surface area contributed by atoms with Crippen molar-refractivity contribution in [1.82, 2.24) is 0 Å². The van der Waals surface area contributed by atoms with Crippen molar-refractivity contribution < 1.29 is 0 Å². The molecule has 0 aromatic heterocycles. The van der Waals surface area contributed by atoms with Crippen LogP contribution in [0.15, 0.2) is 54.6 Å². The summed E-state index contributed by atoms with van der Waals surface area (Å²) >= 11 is 0. The van der Waals surface area contributed by atoms with Crippen LogP contribution in [0, 0.1) is 6.92 Å². The smallest absolute Gasteiger partial charge is 0.0137 e. The zero-order valence-electron chi connectivity index (χ0n) is 11.1. The molecular weight excluding hydrogens is 228 g/mol. The standard InChI is InChI=1S/C19H16/c1-13-7-8-14-9-10-17-16-6-4-2-3-5-15(16)12-19(17)18(14)11-13/h2-8,11-12H,9-10H2,1H3. The predicted octanol–water partition coefficient (Wildman–Crippen LogP) is 4.87. The van der Waals surface area contributed by atoms with Crippen LogP contribution in [0.2, 0.25) is 0 Å². The number of hydrogen-bond acceptors (Lipinski definition) is 0. The minimum Gasteiger partial charge on any atom is -0.0622 e. The summed E-state index contributed by atoms with van der Waals surface area (Å²) in [6.07, 6.45) is 2.33. The van der Waals surface area contributed by atoms with Crippen molar-refractivity contribution in [3.05, 3.63) is 71.3 Å². The zero-order chi connectivity index (χ0) is 12.8. The van der Waals surface area contributed by atoms with Crippen molar-refractivity contribution in [3.63, 3.8) is 0 Å². The van der Waals surface area contributed by atoms with Crippen LogP contribution in [-0.4, -0.2) is 0 Å². The van der Waals surface area contributed by atoms with Crippen LogP contribution in [0.3, 0.4) is 0 Å². The number of hydrogen-bond donors (Lipinski definition) is 0. The van der Waals surface area contributed by atoms with Crippen molar-refractivity contribution in [2.45, 2.75) is 19.8 Å². The normalized spacial score (nSPS) is 13.1. The lowest BCUT2D eigenvalue weighted by atomic mass is 9.86. The summed E-state index contributed by atoms with van der Waals surface area (Å²) in [6.45, 7) is 2.18. The Morgan fingerprint density at radius 3 is 2.58 bits per heavy atom. The average Bonchev–Trinajstić information content (AvgIpc) is 2.62. The van der Waals surface area contributed by atoms with Gasteiger partial charge in [-0.1, -0.05) is 54.1 Å². The van der Waals surface area contributed by atoms with E-state index in [1.54, 1.807) is 0 Å². The lowest BCUT2D eigenvalue weighted by Crippen LogP contribution is -2.02. The molecule has 0 fully saturated rings. The quantitative estimate of drug-likeness (QED) is 0.529. The largest absolute Gasteiger partial charge is 0.0622 e. The number of rotatable bonds is 0. The SMILES string of the molecule is Cc1ccc2c(c1)-c1cc3cccccc-3c1CC2. The van der Waals surface area contributed by atoms with Gasteiger partial charge >= 0.3 is 0 Å². The Bertz CT molecular complexity index is 737. The third-order valence-corrected chi connectivity index (χ3v) is 4.22. The summed E-state index contributed by atoms with van der Waals surface area (Å²) in [7, 11) is 0. The van der Waals surface area contributed by atoms with Gasteiger partial charge in [0, 0.05) is 0 Å². The monoisotopic (exact) mass is 244 g/mol. The van der Waals surface area contributed by atoms with E-state index in [0.717, 1.165) is 0 Å². The molecule has 1 aromatic carbocycles. The van der Waals surface area contributed by atoms with Gasteiger partial charge in [-0.05, 0) is 59.2 Å². The maximum absolute atomic E-state index is 2.36. The Morgan fingerprint density at radius 2 is 1.63 bits per heavy atom. The first kappa shape index (κ1) is 10.8. The summed E-state index contributed by atoms with van der Waals surface area (Å²) in [4.78, 5) is 0. The van der Waals surface area contributed by atoms with Gasteiger partial charge in [0.15, 0.2) is 0 Å². The second-order valence-corrected chi connectivity index (χ2v) is 5.48. The van der Waals surface area contributed by atoms with E-state index >= 15 is 0 Å². The molecule has 0 radical (unpaired) electrons. The van der Waals surface area contributed by atoms with Gasteiger partial charge in [-0.2, -0.15) is 0 Å². The number of aryl methyl sites for hydroxylation is 2. The molecule has 0 heteroatoms. The fourth-order valence-electron chi connectivity index (χ4n) is 3.28. The van der Waals surface area contributed by atoms with Crippen molar-refractivity contribution in [2.75, 3.05) is 0 Å². The van der Waals surface area contributed by atoms with Gasteiger partial charge in [-0.25, -0.2) is 0 Å². The molecular formula is C19H16. The fraction of sp³-hybridized carbons (Fsp3) is 0.158. The summed E-state index contributed by atoms with van der Waals surface area (Å²) < 4.78 is 0. The van der Waals surface area contributed by atoms with Gasteiger partial charge in [0.05, 0.1) is 0 Å². The van der Waals surface area contributed by atoms with Crippen LogP contribution < -0.4 is 0 Å². The highest BCUT2D eigenvalue weighted by atomic mass is 14.3. The minimum atomic E-state index is 1.17. The highest BCUT2D eigenvalue weighted by Crippen LogP contribution is 2.42. The topological polar surface area (TPSA) is 0 Å². The van der Waals surface area contributed by atoms with Crippen molar-refractivity contribution in [3.8, 4) is 22.3 Å². The minimum absolute atomic E-state index is 1.17. The van der Waals surface area contributed by atoms with E-state index in [-0.39, 0.29) is 0 Å². The third-order valence-electron chi connectivity index (χ3n) is 4.22. The maximum Gasteiger partial charge on any atom is -0.0137 e. The zero-order valence-corrected chi connectivity index (χ0v) is 11.1.